The van der Waals surface area contributed by atoms with Gasteiger partial charge in [-0.15, -0.1) is 10.2 Å². The molecule has 0 bridgehead atoms. The number of aromatic nitrogens is 2. The largest absolute Gasteiger partial charge is 0.480 e. The maximum Gasteiger partial charge on any atom is 0.328 e. The average molecular weight is 260 g/mol. The predicted molar refractivity (Wildman–Crippen MR) is 59.9 cm³/mol. The van der Waals surface area contributed by atoms with E-state index in [1.54, 1.807) is 6.92 Å². The van der Waals surface area contributed by atoms with E-state index >= 15 is 0 Å². The van der Waals surface area contributed by atoms with Crippen molar-refractivity contribution in [2.24, 2.45) is 0 Å². The molecule has 4 N–H and O–H groups in total. The summed E-state index contributed by atoms with van der Waals surface area (Å²) < 4.78 is 0. The van der Waals surface area contributed by atoms with Gasteiger partial charge in [-0.3, -0.25) is 5.32 Å². The number of carboxylic acid groups (broad SMARTS) is 1. The molecule has 0 aromatic carbocycles. The van der Waals surface area contributed by atoms with Crippen molar-refractivity contribution in [3.63, 3.8) is 0 Å². The van der Waals surface area contributed by atoms with Crippen molar-refractivity contribution in [2.45, 2.75) is 26.0 Å². The highest BCUT2D eigenvalue weighted by atomic mass is 32.1. The quantitative estimate of drug-likeness (QED) is 0.594. The summed E-state index contributed by atoms with van der Waals surface area (Å²) in [6.45, 7) is 2.99. The Balaban J connectivity index is 2.56. The van der Waals surface area contributed by atoms with Crippen LogP contribution in [0.4, 0.5) is 9.93 Å². The zero-order valence-corrected chi connectivity index (χ0v) is 9.98. The first-order valence-corrected chi connectivity index (χ1v) is 5.50. The van der Waals surface area contributed by atoms with Gasteiger partial charge >= 0.3 is 12.0 Å². The van der Waals surface area contributed by atoms with Crippen LogP contribution in [-0.2, 0) is 4.79 Å². The number of aryl methyl sites for hydroxylation is 1. The number of nitrogens with one attached hydrogen (secondary N) is 2. The van der Waals surface area contributed by atoms with Crippen LogP contribution < -0.4 is 10.6 Å². The van der Waals surface area contributed by atoms with Crippen LogP contribution in [0.25, 0.3) is 0 Å². The second-order valence-corrected chi connectivity index (χ2v) is 4.46. The highest BCUT2D eigenvalue weighted by molar-refractivity contribution is 7.15. The number of aliphatic hydroxyl groups is 1. The molecule has 0 spiro atoms. The van der Waals surface area contributed by atoms with E-state index in [4.69, 9.17) is 10.2 Å². The summed E-state index contributed by atoms with van der Waals surface area (Å²) in [5, 5.41) is 30.6. The number of carbonyl (C=O) groups excluding carboxylic acids is 1. The van der Waals surface area contributed by atoms with Gasteiger partial charge in [-0.25, -0.2) is 9.59 Å². The van der Waals surface area contributed by atoms with E-state index in [1.165, 1.54) is 6.92 Å². The normalized spacial score (nSPS) is 13.8. The fourth-order valence-corrected chi connectivity index (χ4v) is 1.60. The van der Waals surface area contributed by atoms with Gasteiger partial charge in [-0.05, 0) is 13.8 Å². The summed E-state index contributed by atoms with van der Waals surface area (Å²) in [6, 6.07) is -2.13. The number of anilines is 1. The van der Waals surface area contributed by atoms with Gasteiger partial charge in [0, 0.05) is 0 Å². The minimum Gasteiger partial charge on any atom is -0.480 e. The van der Waals surface area contributed by atoms with Crippen LogP contribution in [0.1, 0.15) is 11.9 Å². The molecule has 9 heteroatoms. The Morgan fingerprint density at radius 2 is 2.06 bits per heavy atom. The van der Waals surface area contributed by atoms with Crippen LogP contribution in [0.3, 0.4) is 0 Å². The second-order valence-electron chi connectivity index (χ2n) is 3.28. The van der Waals surface area contributed by atoms with Crippen molar-refractivity contribution in [3.8, 4) is 0 Å². The number of aliphatic carboxylic acids is 1. The van der Waals surface area contributed by atoms with Crippen molar-refractivity contribution in [2.75, 3.05) is 5.32 Å². The number of aliphatic hydroxyl groups excluding tert-OH is 1. The average Bonchev–Trinajstić information content (AvgIpc) is 2.59. The Labute approximate surface area is 101 Å². The van der Waals surface area contributed by atoms with Gasteiger partial charge in [-0.2, -0.15) is 0 Å². The molecule has 0 aliphatic rings. The van der Waals surface area contributed by atoms with E-state index < -0.39 is 24.1 Å². The molecule has 17 heavy (non-hydrogen) atoms. The molecular formula is C8H12N4O4S. The minimum absolute atomic E-state index is 0.259. The van der Waals surface area contributed by atoms with Gasteiger partial charge in [0.1, 0.15) is 5.01 Å². The van der Waals surface area contributed by atoms with E-state index in [-0.39, 0.29) is 5.13 Å². The first-order valence-electron chi connectivity index (χ1n) is 4.68. The van der Waals surface area contributed by atoms with Gasteiger partial charge in [-0.1, -0.05) is 11.3 Å². The number of hydrogen-bond donors (Lipinski definition) is 4. The third-order valence-electron chi connectivity index (χ3n) is 1.78. The molecule has 1 rings (SSSR count). The molecule has 0 aliphatic carbocycles. The Hall–Kier alpha value is -1.74. The molecule has 0 saturated heterocycles. The van der Waals surface area contributed by atoms with Gasteiger partial charge in [0.25, 0.3) is 0 Å². The van der Waals surface area contributed by atoms with Gasteiger partial charge < -0.3 is 15.5 Å². The molecule has 2 amide bonds. The SMILES string of the molecule is Cc1nnc(NC(=O)N[C@H](C(=O)O)[C@@H](C)O)s1. The van der Waals surface area contributed by atoms with Crippen molar-refractivity contribution >= 4 is 28.5 Å². The molecule has 0 fully saturated rings. The van der Waals surface area contributed by atoms with Crippen LogP contribution in [-0.4, -0.2) is 44.6 Å². The van der Waals surface area contributed by atoms with Gasteiger partial charge in [0.2, 0.25) is 5.13 Å². The summed E-state index contributed by atoms with van der Waals surface area (Å²) in [5.74, 6) is -1.32. The Kier molecular flexibility index (Phi) is 4.35. The smallest absolute Gasteiger partial charge is 0.328 e. The maximum atomic E-state index is 11.4. The summed E-state index contributed by atoms with van der Waals surface area (Å²) in [4.78, 5) is 22.1. The molecule has 0 saturated carbocycles. The molecule has 2 atom stereocenters. The molecular weight excluding hydrogens is 248 g/mol. The van der Waals surface area contributed by atoms with Crippen LogP contribution in [0.2, 0.25) is 0 Å². The monoisotopic (exact) mass is 260 g/mol. The summed E-state index contributed by atoms with van der Waals surface area (Å²) in [6.07, 6.45) is -1.20. The lowest BCUT2D eigenvalue weighted by Crippen LogP contribution is -2.49. The van der Waals surface area contributed by atoms with Gasteiger partial charge in [0.15, 0.2) is 6.04 Å². The zero-order valence-electron chi connectivity index (χ0n) is 9.17. The Bertz CT molecular complexity index is 419. The molecule has 1 heterocycles. The van der Waals surface area contributed by atoms with E-state index in [9.17, 15) is 9.59 Å². The first-order chi connectivity index (χ1) is 7.90. The summed E-state index contributed by atoms with van der Waals surface area (Å²) in [5.41, 5.74) is 0. The molecule has 1 aromatic rings. The Morgan fingerprint density at radius 3 is 2.47 bits per heavy atom. The van der Waals surface area contributed by atoms with Gasteiger partial charge in [0.05, 0.1) is 6.10 Å². The standard InChI is InChI=1S/C8H12N4O4S/c1-3(13)5(6(14)15)9-7(16)10-8-12-11-4(2)17-8/h3,5,13H,1-2H3,(H,14,15)(H2,9,10,12,16)/t3-,5+/m1/s1. The topological polar surface area (TPSA) is 124 Å². The molecule has 0 aliphatic heterocycles. The molecule has 1 aromatic heterocycles. The highest BCUT2D eigenvalue weighted by Gasteiger charge is 2.25. The van der Waals surface area contributed by atoms with Crippen LogP contribution >= 0.6 is 11.3 Å². The van der Waals surface area contributed by atoms with Crippen molar-refractivity contribution in [3.05, 3.63) is 5.01 Å². The summed E-state index contributed by atoms with van der Waals surface area (Å²) in [7, 11) is 0. The van der Waals surface area contributed by atoms with E-state index in [0.717, 1.165) is 11.3 Å². The Morgan fingerprint density at radius 1 is 1.41 bits per heavy atom. The lowest BCUT2D eigenvalue weighted by atomic mass is 10.2. The van der Waals surface area contributed by atoms with Crippen molar-refractivity contribution in [1.29, 1.82) is 0 Å². The highest BCUT2D eigenvalue weighted by Crippen LogP contribution is 2.13. The lowest BCUT2D eigenvalue weighted by Gasteiger charge is -2.16. The van der Waals surface area contributed by atoms with E-state index in [0.29, 0.717) is 5.01 Å². The second kappa shape index (κ2) is 5.55. The first kappa shape index (κ1) is 13.3. The van der Waals surface area contributed by atoms with Crippen molar-refractivity contribution in [1.82, 2.24) is 15.5 Å². The lowest BCUT2D eigenvalue weighted by molar-refractivity contribution is -0.141. The van der Waals surface area contributed by atoms with Crippen LogP contribution in [0, 0.1) is 6.92 Å². The maximum absolute atomic E-state index is 11.4. The number of carbonyl (C=O) groups is 2. The molecule has 0 radical (unpaired) electrons. The van der Waals surface area contributed by atoms with E-state index in [2.05, 4.69) is 20.8 Å². The minimum atomic E-state index is -1.37. The number of urea groups is 1. The fraction of sp³-hybridized carbons (Fsp3) is 0.500. The number of hydrogen-bond acceptors (Lipinski definition) is 6. The molecule has 94 valence electrons. The number of nitrogens with zero attached hydrogens (tertiary/aromatic N) is 2. The predicted octanol–water partition coefficient (Wildman–Crippen LogP) is -0.198. The van der Waals surface area contributed by atoms with Crippen LogP contribution in [0.15, 0.2) is 0 Å². The molecule has 8 nitrogen and oxygen atoms in total. The number of amides is 2. The third kappa shape index (κ3) is 3.96. The fourth-order valence-electron chi connectivity index (χ4n) is 1.01. The van der Waals surface area contributed by atoms with Crippen LogP contribution in [0.5, 0.6) is 0 Å². The summed E-state index contributed by atoms with van der Waals surface area (Å²) >= 11 is 1.16. The zero-order chi connectivity index (χ0) is 13.0. The third-order valence-corrected chi connectivity index (χ3v) is 2.54. The number of carboxylic acids is 1. The van der Waals surface area contributed by atoms with E-state index in [1.807, 2.05) is 0 Å². The number of rotatable bonds is 4. The molecule has 0 unspecified atom stereocenters. The van der Waals surface area contributed by atoms with Crippen molar-refractivity contribution < 1.29 is 19.8 Å².